The Labute approximate surface area is 38.0 Å². The fourth-order valence-electron chi connectivity index (χ4n) is 0.102. The van der Waals surface area contributed by atoms with Gasteiger partial charge < -0.3 is 5.11 Å². The van der Waals surface area contributed by atoms with Crippen LogP contribution in [0.3, 0.4) is 0 Å². The number of hydrogen-bond acceptors (Lipinski definition) is 1. The lowest BCUT2D eigenvalue weighted by molar-refractivity contribution is 0.184. The van der Waals surface area contributed by atoms with E-state index >= 15 is 0 Å². The zero-order valence-electron chi connectivity index (χ0n) is 3.65. The Morgan fingerprint density at radius 3 is 2.33 bits per heavy atom. The van der Waals surface area contributed by atoms with E-state index in [2.05, 4.69) is 6.92 Å². The van der Waals surface area contributed by atoms with Crippen LogP contribution in [0.25, 0.3) is 0 Å². The van der Waals surface area contributed by atoms with Gasteiger partial charge in [-0.05, 0) is 6.42 Å². The molecule has 0 aliphatic carbocycles. The molecular formula is C4H9NO. The normalized spacial score (nSPS) is 14.5. The van der Waals surface area contributed by atoms with E-state index in [1.807, 2.05) is 0 Å². The Hall–Kier alpha value is -0.0800. The maximum absolute atomic E-state index is 8.42. The lowest BCUT2D eigenvalue weighted by atomic mass is 10.3. The molecule has 0 saturated heterocycles. The van der Waals surface area contributed by atoms with Crippen LogP contribution in [0, 0.1) is 6.92 Å². The topological polar surface area (TPSA) is 44.0 Å². The number of aliphatic hydroxyl groups excluding tert-OH is 1. The number of nitrogens with one attached hydrogen (secondary N) is 1. The Balaban J connectivity index is 2.75. The highest BCUT2D eigenvalue weighted by Crippen LogP contribution is 1.82. The summed E-state index contributed by atoms with van der Waals surface area (Å²) in [6.45, 7) is 3.46. The highest BCUT2D eigenvalue weighted by atomic mass is 16.3. The summed E-state index contributed by atoms with van der Waals surface area (Å²) >= 11 is 0. The summed E-state index contributed by atoms with van der Waals surface area (Å²) in [5.41, 5.74) is 6.52. The first-order chi connectivity index (χ1) is 2.81. The monoisotopic (exact) mass is 87.1 g/mol. The minimum Gasteiger partial charge on any atom is -0.392 e. The van der Waals surface area contributed by atoms with Crippen LogP contribution >= 0.6 is 0 Å². The zero-order chi connectivity index (χ0) is 4.99. The van der Waals surface area contributed by atoms with Crippen LogP contribution in [0.4, 0.5) is 0 Å². The van der Waals surface area contributed by atoms with E-state index < -0.39 is 6.10 Å². The molecule has 2 N–H and O–H groups in total. The molecule has 2 heteroatoms. The van der Waals surface area contributed by atoms with Gasteiger partial charge in [0.15, 0.2) is 0 Å². The van der Waals surface area contributed by atoms with E-state index in [0.29, 0.717) is 6.42 Å². The van der Waals surface area contributed by atoms with Crippen LogP contribution in [0.5, 0.6) is 0 Å². The summed E-state index contributed by atoms with van der Waals surface area (Å²) in [6, 6.07) is 0. The van der Waals surface area contributed by atoms with Crippen molar-refractivity contribution in [2.45, 2.75) is 12.5 Å². The fraction of sp³-hybridized carbons (Fsp3) is 0.750. The van der Waals surface area contributed by atoms with Crippen molar-refractivity contribution in [3.05, 3.63) is 6.92 Å². The SMILES string of the molecule is [CH2]CC(O)C[NH]. The first kappa shape index (κ1) is 5.92. The van der Waals surface area contributed by atoms with Gasteiger partial charge in [-0.15, -0.1) is 0 Å². The molecule has 0 amide bonds. The van der Waals surface area contributed by atoms with Crippen LogP contribution in [-0.2, 0) is 0 Å². The summed E-state index contributed by atoms with van der Waals surface area (Å²) in [4.78, 5) is 0. The van der Waals surface area contributed by atoms with Crippen LogP contribution in [0.1, 0.15) is 6.42 Å². The largest absolute Gasteiger partial charge is 0.392 e. The Morgan fingerprint density at radius 1 is 1.83 bits per heavy atom. The summed E-state index contributed by atoms with van der Waals surface area (Å²) in [5, 5.41) is 8.42. The van der Waals surface area contributed by atoms with Gasteiger partial charge in [0.05, 0.1) is 6.10 Å². The number of rotatable bonds is 2. The third-order valence-corrected chi connectivity index (χ3v) is 0.569. The van der Waals surface area contributed by atoms with Gasteiger partial charge in [-0.25, -0.2) is 0 Å². The van der Waals surface area contributed by atoms with Crippen LogP contribution in [0.15, 0.2) is 0 Å². The minimum atomic E-state index is -0.509. The molecule has 0 bridgehead atoms. The molecule has 0 spiro atoms. The molecule has 0 heterocycles. The molecule has 1 unspecified atom stereocenters. The molecule has 0 rings (SSSR count). The minimum absolute atomic E-state index is 0.0729. The molecule has 2 nitrogen and oxygen atoms in total. The van der Waals surface area contributed by atoms with Gasteiger partial charge in [0.2, 0.25) is 0 Å². The first-order valence-electron chi connectivity index (χ1n) is 1.93. The summed E-state index contributed by atoms with van der Waals surface area (Å²) in [7, 11) is 0. The van der Waals surface area contributed by atoms with Crippen molar-refractivity contribution in [2.24, 2.45) is 0 Å². The molecule has 6 heavy (non-hydrogen) atoms. The van der Waals surface area contributed by atoms with Gasteiger partial charge in [-0.1, -0.05) is 6.92 Å². The quantitative estimate of drug-likeness (QED) is 0.500. The second kappa shape index (κ2) is 3.12. The Bertz CT molecular complexity index is 26.7. The number of aliphatic hydroxyl groups is 1. The van der Waals surface area contributed by atoms with Crippen molar-refractivity contribution in [1.82, 2.24) is 5.73 Å². The highest BCUT2D eigenvalue weighted by Gasteiger charge is 1.91. The van der Waals surface area contributed by atoms with E-state index in [9.17, 15) is 0 Å². The summed E-state index contributed by atoms with van der Waals surface area (Å²) in [6.07, 6.45) is -0.0613. The Morgan fingerprint density at radius 2 is 2.33 bits per heavy atom. The van der Waals surface area contributed by atoms with Crippen molar-refractivity contribution in [2.75, 3.05) is 6.54 Å². The average Bonchev–Trinajstić information content (AvgIpc) is 1.65. The van der Waals surface area contributed by atoms with Crippen molar-refractivity contribution >= 4 is 0 Å². The van der Waals surface area contributed by atoms with E-state index in [-0.39, 0.29) is 6.54 Å². The van der Waals surface area contributed by atoms with E-state index in [0.717, 1.165) is 0 Å². The molecule has 36 valence electrons. The molecule has 0 aromatic heterocycles. The predicted octanol–water partition coefficient (Wildman–Crippen LogP) is -0.146. The lowest BCUT2D eigenvalue weighted by Crippen LogP contribution is -2.10. The van der Waals surface area contributed by atoms with Crippen molar-refractivity contribution in [3.63, 3.8) is 0 Å². The molecule has 0 aliphatic rings. The molecule has 1 atom stereocenters. The van der Waals surface area contributed by atoms with Crippen LogP contribution in [-0.4, -0.2) is 17.8 Å². The molecule has 0 aromatic carbocycles. The van der Waals surface area contributed by atoms with E-state index in [1.54, 1.807) is 0 Å². The van der Waals surface area contributed by atoms with E-state index in [1.165, 1.54) is 0 Å². The standard InChI is InChI=1S/C4H9NO/c1-2-4(6)3-5/h4-6H,1-3H2. The molecule has 0 aromatic rings. The van der Waals surface area contributed by atoms with Gasteiger partial charge in [-0.2, -0.15) is 0 Å². The molecule has 2 radical (unpaired) electrons. The maximum Gasteiger partial charge on any atom is 0.0678 e. The summed E-state index contributed by atoms with van der Waals surface area (Å²) < 4.78 is 0. The third-order valence-electron chi connectivity index (χ3n) is 0.569. The maximum atomic E-state index is 8.42. The molecule has 0 saturated carbocycles. The molecular weight excluding hydrogens is 78.1 g/mol. The van der Waals surface area contributed by atoms with Crippen molar-refractivity contribution in [3.8, 4) is 0 Å². The first-order valence-corrected chi connectivity index (χ1v) is 1.93. The van der Waals surface area contributed by atoms with Gasteiger partial charge >= 0.3 is 0 Å². The third kappa shape index (κ3) is 2.18. The van der Waals surface area contributed by atoms with Crippen LogP contribution in [0.2, 0.25) is 0 Å². The second-order valence-corrected chi connectivity index (χ2v) is 1.15. The van der Waals surface area contributed by atoms with Gasteiger partial charge in [0.25, 0.3) is 0 Å². The van der Waals surface area contributed by atoms with Crippen LogP contribution < -0.4 is 5.73 Å². The van der Waals surface area contributed by atoms with Crippen molar-refractivity contribution in [1.29, 1.82) is 0 Å². The number of hydrogen-bond donors (Lipinski definition) is 1. The van der Waals surface area contributed by atoms with Gasteiger partial charge in [-0.3, -0.25) is 5.73 Å². The fourth-order valence-corrected chi connectivity index (χ4v) is 0.102. The summed E-state index contributed by atoms with van der Waals surface area (Å²) in [5.74, 6) is 0. The second-order valence-electron chi connectivity index (χ2n) is 1.15. The van der Waals surface area contributed by atoms with Gasteiger partial charge in [0.1, 0.15) is 0 Å². The Kier molecular flexibility index (Phi) is 3.08. The van der Waals surface area contributed by atoms with E-state index in [4.69, 9.17) is 10.8 Å². The highest BCUT2D eigenvalue weighted by molar-refractivity contribution is 4.53. The molecule has 0 fully saturated rings. The van der Waals surface area contributed by atoms with Gasteiger partial charge in [0, 0.05) is 6.54 Å². The zero-order valence-corrected chi connectivity index (χ0v) is 3.65. The molecule has 0 aliphatic heterocycles. The predicted molar refractivity (Wildman–Crippen MR) is 23.9 cm³/mol. The smallest absolute Gasteiger partial charge is 0.0678 e. The van der Waals surface area contributed by atoms with Crippen molar-refractivity contribution < 1.29 is 5.11 Å². The lowest BCUT2D eigenvalue weighted by Gasteiger charge is -1.97. The average molecular weight is 87.1 g/mol.